The lowest BCUT2D eigenvalue weighted by Gasteiger charge is -2.21. The van der Waals surface area contributed by atoms with Crippen molar-refractivity contribution in [3.8, 4) is 23.1 Å². The Kier molecular flexibility index (Phi) is 5.24. The van der Waals surface area contributed by atoms with E-state index in [9.17, 15) is 9.65 Å². The zero-order valence-electron chi connectivity index (χ0n) is 16.2. The third-order valence-electron chi connectivity index (χ3n) is 4.62. The van der Waals surface area contributed by atoms with Gasteiger partial charge in [-0.1, -0.05) is 45.9 Å². The van der Waals surface area contributed by atoms with Crippen LogP contribution in [0.4, 0.5) is 10.1 Å². The fraction of sp³-hybridized carbons (Fsp3) is 0.273. The number of aromatic nitrogens is 3. The number of benzene rings is 1. The molecular formula is C22H20FN5. The second-order valence-corrected chi connectivity index (χ2v) is 7.16. The van der Waals surface area contributed by atoms with Crippen molar-refractivity contribution in [3.05, 3.63) is 70.8 Å². The van der Waals surface area contributed by atoms with Crippen LogP contribution in [0.5, 0.6) is 0 Å². The van der Waals surface area contributed by atoms with Crippen LogP contribution in [0.15, 0.2) is 36.8 Å². The first-order chi connectivity index (χ1) is 13.4. The molecule has 0 aliphatic rings. The number of halogens is 1. The van der Waals surface area contributed by atoms with Crippen molar-refractivity contribution in [2.24, 2.45) is 0 Å². The molecular weight excluding hydrogens is 353 g/mol. The van der Waals surface area contributed by atoms with Gasteiger partial charge in [0.1, 0.15) is 17.7 Å². The van der Waals surface area contributed by atoms with Gasteiger partial charge >= 0.3 is 0 Å². The van der Waals surface area contributed by atoms with Gasteiger partial charge in [0, 0.05) is 24.2 Å². The van der Waals surface area contributed by atoms with E-state index in [2.05, 4.69) is 42.5 Å². The van der Waals surface area contributed by atoms with Crippen LogP contribution in [0.25, 0.3) is 21.9 Å². The highest BCUT2D eigenvalue weighted by atomic mass is 19.1. The second-order valence-electron chi connectivity index (χ2n) is 7.16. The Morgan fingerprint density at radius 1 is 1.14 bits per heavy atom. The normalized spacial score (nSPS) is 10.9. The molecule has 0 amide bonds. The molecule has 3 rings (SSSR count). The maximum absolute atomic E-state index is 14.9. The minimum atomic E-state index is -0.639. The number of hydrogen-bond acceptors (Lipinski definition) is 3. The molecule has 0 aliphatic carbocycles. The Labute approximate surface area is 163 Å². The summed E-state index contributed by atoms with van der Waals surface area (Å²) in [6.45, 7) is 15.4. The number of nitriles is 1. The first-order valence-corrected chi connectivity index (χ1v) is 9.03. The van der Waals surface area contributed by atoms with E-state index in [1.165, 1.54) is 6.07 Å². The van der Waals surface area contributed by atoms with Gasteiger partial charge in [0.05, 0.1) is 12.3 Å². The number of imidazole rings is 1. The van der Waals surface area contributed by atoms with Crippen LogP contribution in [-0.4, -0.2) is 14.5 Å². The van der Waals surface area contributed by atoms with Crippen LogP contribution in [0.1, 0.15) is 56.4 Å². The quantitative estimate of drug-likeness (QED) is 0.548. The lowest BCUT2D eigenvalue weighted by molar-refractivity contribution is 0.635. The fourth-order valence-corrected chi connectivity index (χ4v) is 3.18. The second kappa shape index (κ2) is 7.62. The molecule has 5 nitrogen and oxygen atoms in total. The van der Waals surface area contributed by atoms with Gasteiger partial charge in [-0.2, -0.15) is 5.26 Å². The summed E-state index contributed by atoms with van der Waals surface area (Å²) in [5.41, 5.74) is 3.12. The molecule has 28 heavy (non-hydrogen) atoms. The molecule has 0 radical (unpaired) electrons. The summed E-state index contributed by atoms with van der Waals surface area (Å²) in [6.07, 6.45) is 5.22. The minimum Gasteiger partial charge on any atom is -0.298 e. The van der Waals surface area contributed by atoms with Crippen LogP contribution in [-0.2, 0) is 0 Å². The average Bonchev–Trinajstić information content (AvgIpc) is 3.11. The zero-order valence-corrected chi connectivity index (χ0v) is 16.2. The van der Waals surface area contributed by atoms with Crippen LogP contribution < -0.4 is 0 Å². The maximum atomic E-state index is 14.9. The molecule has 2 aromatic heterocycles. The van der Waals surface area contributed by atoms with Crippen molar-refractivity contribution in [1.29, 1.82) is 5.26 Å². The van der Waals surface area contributed by atoms with E-state index in [0.717, 1.165) is 16.8 Å². The highest BCUT2D eigenvalue weighted by Gasteiger charge is 2.23. The van der Waals surface area contributed by atoms with Crippen molar-refractivity contribution in [2.75, 3.05) is 0 Å². The van der Waals surface area contributed by atoms with E-state index in [4.69, 9.17) is 6.57 Å². The van der Waals surface area contributed by atoms with E-state index < -0.39 is 5.82 Å². The van der Waals surface area contributed by atoms with Crippen molar-refractivity contribution >= 4 is 5.69 Å². The lowest BCUT2D eigenvalue weighted by Crippen LogP contribution is -2.09. The number of hydrogen-bond donors (Lipinski definition) is 0. The molecule has 6 heteroatoms. The predicted molar refractivity (Wildman–Crippen MR) is 106 cm³/mol. The van der Waals surface area contributed by atoms with Crippen molar-refractivity contribution in [3.63, 3.8) is 0 Å². The molecule has 0 atom stereocenters. The standard InChI is InChI=1S/C22H20FN5/c1-13(2)17-10-26-11-18(14(3)4)21(17)28-12-15(9-24)27-22(28)16-7-6-8-19(25-5)20(16)23/h6-8,10-14H,1-4H3. The SMILES string of the molecule is [C-]#[N+]c1cccc(-c2nc(C#N)cn2-c2c(C(C)C)cncc2C(C)C)c1F. The van der Waals surface area contributed by atoms with Crippen LogP contribution >= 0.6 is 0 Å². The van der Waals surface area contributed by atoms with Gasteiger partial charge in [0.15, 0.2) is 5.69 Å². The summed E-state index contributed by atoms with van der Waals surface area (Å²) < 4.78 is 16.7. The number of rotatable bonds is 4. The molecule has 0 unspecified atom stereocenters. The zero-order chi connectivity index (χ0) is 20.4. The fourth-order valence-electron chi connectivity index (χ4n) is 3.18. The average molecular weight is 373 g/mol. The molecule has 0 fully saturated rings. The summed E-state index contributed by atoms with van der Waals surface area (Å²) in [4.78, 5) is 12.0. The van der Waals surface area contributed by atoms with E-state index in [0.29, 0.717) is 5.82 Å². The van der Waals surface area contributed by atoms with E-state index in [-0.39, 0.29) is 28.8 Å². The molecule has 0 saturated heterocycles. The molecule has 2 heterocycles. The van der Waals surface area contributed by atoms with Gasteiger partial charge in [-0.25, -0.2) is 14.2 Å². The van der Waals surface area contributed by atoms with Crippen LogP contribution in [0, 0.1) is 23.7 Å². The monoisotopic (exact) mass is 373 g/mol. The van der Waals surface area contributed by atoms with Crippen molar-refractivity contribution in [1.82, 2.24) is 14.5 Å². The largest absolute Gasteiger partial charge is 0.298 e. The molecule has 3 aromatic rings. The highest BCUT2D eigenvalue weighted by Crippen LogP contribution is 2.35. The Hall–Kier alpha value is -3.51. The van der Waals surface area contributed by atoms with Gasteiger partial charge in [-0.15, -0.1) is 0 Å². The Bertz CT molecular complexity index is 1090. The topological polar surface area (TPSA) is 58.9 Å². The Morgan fingerprint density at radius 2 is 1.79 bits per heavy atom. The summed E-state index contributed by atoms with van der Waals surface area (Å²) in [6, 6.07) is 6.67. The van der Waals surface area contributed by atoms with E-state index >= 15 is 0 Å². The first-order valence-electron chi connectivity index (χ1n) is 9.03. The Morgan fingerprint density at radius 3 is 2.32 bits per heavy atom. The smallest absolute Gasteiger partial charge is 0.222 e. The Balaban J connectivity index is 2.40. The lowest BCUT2D eigenvalue weighted by atomic mass is 9.95. The summed E-state index contributed by atoms with van der Waals surface area (Å²) >= 11 is 0. The molecule has 0 N–H and O–H groups in total. The molecule has 0 bridgehead atoms. The highest BCUT2D eigenvalue weighted by molar-refractivity contribution is 5.68. The summed E-state index contributed by atoms with van der Waals surface area (Å²) in [7, 11) is 0. The minimum absolute atomic E-state index is 0.0755. The molecule has 0 aliphatic heterocycles. The van der Waals surface area contributed by atoms with Crippen LogP contribution in [0.2, 0.25) is 0 Å². The van der Waals surface area contributed by atoms with Gasteiger partial charge in [0.2, 0.25) is 5.69 Å². The van der Waals surface area contributed by atoms with Crippen molar-refractivity contribution < 1.29 is 4.39 Å². The predicted octanol–water partition coefficient (Wildman–Crippen LogP) is 5.74. The number of pyridine rings is 1. The molecule has 0 spiro atoms. The van der Waals surface area contributed by atoms with Gasteiger partial charge in [-0.05, 0) is 23.0 Å². The van der Waals surface area contributed by atoms with Gasteiger partial charge in [0.25, 0.3) is 0 Å². The van der Waals surface area contributed by atoms with E-state index in [1.54, 1.807) is 35.3 Å². The summed E-state index contributed by atoms with van der Waals surface area (Å²) in [5, 5.41) is 9.42. The molecule has 0 saturated carbocycles. The van der Waals surface area contributed by atoms with Crippen LogP contribution in [0.3, 0.4) is 0 Å². The first kappa shape index (κ1) is 19.3. The van der Waals surface area contributed by atoms with E-state index in [1.807, 2.05) is 6.07 Å². The number of nitrogens with zero attached hydrogens (tertiary/aromatic N) is 5. The molecule has 140 valence electrons. The van der Waals surface area contributed by atoms with Crippen molar-refractivity contribution in [2.45, 2.75) is 39.5 Å². The maximum Gasteiger partial charge on any atom is 0.222 e. The third-order valence-corrected chi connectivity index (χ3v) is 4.62. The third kappa shape index (κ3) is 3.25. The molecule has 1 aromatic carbocycles. The summed E-state index contributed by atoms with van der Waals surface area (Å²) in [5.74, 6) is -0.00235. The van der Waals surface area contributed by atoms with Gasteiger partial charge in [-0.3, -0.25) is 9.55 Å². The van der Waals surface area contributed by atoms with Gasteiger partial charge < -0.3 is 0 Å².